The molecule has 3 N–H and O–H groups in total. The second-order valence-electron chi connectivity index (χ2n) is 9.78. The zero-order valence-electron chi connectivity index (χ0n) is 20.7. The highest BCUT2D eigenvalue weighted by Crippen LogP contribution is 2.44. The summed E-state index contributed by atoms with van der Waals surface area (Å²) in [5, 5.41) is 28.2. The van der Waals surface area contributed by atoms with E-state index in [0.717, 1.165) is 24.2 Å². The molecule has 0 atom stereocenters. The van der Waals surface area contributed by atoms with Crippen molar-refractivity contribution >= 4 is 5.91 Å². The molecule has 1 saturated heterocycles. The number of morpholine rings is 1. The number of benzene rings is 2. The van der Waals surface area contributed by atoms with Crippen molar-refractivity contribution in [3.63, 3.8) is 0 Å². The van der Waals surface area contributed by atoms with Gasteiger partial charge in [-0.05, 0) is 29.5 Å². The molecule has 0 spiro atoms. The molecular formula is C27H33N3O5. The van der Waals surface area contributed by atoms with E-state index in [1.165, 1.54) is 6.07 Å². The van der Waals surface area contributed by atoms with Gasteiger partial charge in [-0.1, -0.05) is 50.2 Å². The van der Waals surface area contributed by atoms with Crippen LogP contribution in [0.3, 0.4) is 0 Å². The van der Waals surface area contributed by atoms with Crippen molar-refractivity contribution in [1.82, 2.24) is 15.4 Å². The zero-order valence-corrected chi connectivity index (χ0v) is 20.7. The average Bonchev–Trinajstić information content (AvgIpc) is 3.24. The second kappa shape index (κ2) is 10.1. The summed E-state index contributed by atoms with van der Waals surface area (Å²) in [6.45, 7) is 11.9. The Morgan fingerprint density at radius 2 is 1.80 bits per heavy atom. The van der Waals surface area contributed by atoms with Crippen LogP contribution in [0.2, 0.25) is 0 Å². The molecule has 8 heteroatoms. The van der Waals surface area contributed by atoms with Crippen molar-refractivity contribution in [3.05, 3.63) is 53.2 Å². The number of aromatic hydroxyl groups is 2. The minimum absolute atomic E-state index is 0.00326. The van der Waals surface area contributed by atoms with Crippen LogP contribution in [0.1, 0.15) is 49.3 Å². The maximum absolute atomic E-state index is 13.0. The Morgan fingerprint density at radius 3 is 2.49 bits per heavy atom. The van der Waals surface area contributed by atoms with Crippen molar-refractivity contribution in [1.29, 1.82) is 0 Å². The van der Waals surface area contributed by atoms with Crippen LogP contribution in [-0.2, 0) is 16.7 Å². The largest absolute Gasteiger partial charge is 0.508 e. The van der Waals surface area contributed by atoms with Crippen molar-refractivity contribution < 1.29 is 24.3 Å². The monoisotopic (exact) mass is 479 g/mol. The number of rotatable bonds is 6. The van der Waals surface area contributed by atoms with Crippen LogP contribution in [-0.4, -0.2) is 59.0 Å². The van der Waals surface area contributed by atoms with Gasteiger partial charge in [0.15, 0.2) is 11.5 Å². The van der Waals surface area contributed by atoms with E-state index in [1.807, 2.05) is 52.0 Å². The van der Waals surface area contributed by atoms with Gasteiger partial charge in [0.1, 0.15) is 11.5 Å². The van der Waals surface area contributed by atoms with Gasteiger partial charge in [-0.2, -0.15) is 0 Å². The van der Waals surface area contributed by atoms with E-state index < -0.39 is 0 Å². The predicted octanol–water partition coefficient (Wildman–Crippen LogP) is 4.30. The lowest BCUT2D eigenvalue weighted by Gasteiger charge is -2.27. The van der Waals surface area contributed by atoms with Gasteiger partial charge in [-0.25, -0.2) is 0 Å². The maximum Gasteiger partial charge on any atom is 0.274 e. The van der Waals surface area contributed by atoms with Crippen LogP contribution in [0.25, 0.3) is 22.5 Å². The third-order valence-electron chi connectivity index (χ3n) is 6.20. The highest BCUT2D eigenvalue weighted by molar-refractivity contribution is 6.03. The summed E-state index contributed by atoms with van der Waals surface area (Å²) in [5.41, 5.74) is 3.12. The molecule has 8 nitrogen and oxygen atoms in total. The van der Waals surface area contributed by atoms with E-state index >= 15 is 0 Å². The number of hydrogen-bond donors (Lipinski definition) is 3. The third-order valence-corrected chi connectivity index (χ3v) is 6.20. The number of hydrogen-bond acceptors (Lipinski definition) is 7. The van der Waals surface area contributed by atoms with Gasteiger partial charge in [-0.15, -0.1) is 0 Å². The normalized spacial score (nSPS) is 14.7. The quantitative estimate of drug-likeness (QED) is 0.484. The summed E-state index contributed by atoms with van der Waals surface area (Å²) in [6, 6.07) is 10.9. The lowest BCUT2D eigenvalue weighted by Crippen LogP contribution is -2.35. The molecule has 1 fully saturated rings. The van der Waals surface area contributed by atoms with Crippen LogP contribution < -0.4 is 5.32 Å². The summed E-state index contributed by atoms with van der Waals surface area (Å²) in [7, 11) is 0. The molecule has 2 aromatic carbocycles. The fourth-order valence-electron chi connectivity index (χ4n) is 4.39. The lowest BCUT2D eigenvalue weighted by atomic mass is 9.84. The molecule has 1 aromatic heterocycles. The van der Waals surface area contributed by atoms with E-state index in [-0.39, 0.29) is 34.3 Å². The summed E-state index contributed by atoms with van der Waals surface area (Å²) in [5.74, 6) is -0.228. The molecule has 2 heterocycles. The van der Waals surface area contributed by atoms with Gasteiger partial charge in [0.2, 0.25) is 0 Å². The Labute approximate surface area is 205 Å². The molecule has 1 aliphatic heterocycles. The average molecular weight is 480 g/mol. The molecule has 4 rings (SSSR count). The Kier molecular flexibility index (Phi) is 7.14. The molecule has 0 unspecified atom stereocenters. The van der Waals surface area contributed by atoms with Crippen LogP contribution in [0.4, 0.5) is 0 Å². The number of nitrogens with zero attached hydrogens (tertiary/aromatic N) is 2. The Bertz CT molecular complexity index is 1210. The highest BCUT2D eigenvalue weighted by Gasteiger charge is 2.29. The van der Waals surface area contributed by atoms with Gasteiger partial charge >= 0.3 is 0 Å². The first-order chi connectivity index (χ1) is 16.7. The van der Waals surface area contributed by atoms with E-state index in [2.05, 4.69) is 15.4 Å². The standard InChI is InChI=1S/C27H33N3O5/c1-5-28-26(33)24-23(18-9-7-6-8-17(18)16-30-10-12-34-13-11-30)25(35-29-24)19-14-20(27(2,3)4)22(32)15-21(19)31/h6-9,14-15,31-32H,5,10-13,16H2,1-4H3,(H,28,33). The summed E-state index contributed by atoms with van der Waals surface area (Å²) in [6.07, 6.45) is 0. The summed E-state index contributed by atoms with van der Waals surface area (Å²) >= 11 is 0. The molecule has 1 aliphatic rings. The second-order valence-corrected chi connectivity index (χ2v) is 9.78. The van der Waals surface area contributed by atoms with Crippen molar-refractivity contribution in [2.75, 3.05) is 32.8 Å². The van der Waals surface area contributed by atoms with Gasteiger partial charge in [-0.3, -0.25) is 9.69 Å². The number of phenols is 2. The van der Waals surface area contributed by atoms with Gasteiger partial charge < -0.3 is 24.8 Å². The number of ether oxygens (including phenoxy) is 1. The van der Waals surface area contributed by atoms with Gasteiger partial charge in [0.05, 0.1) is 24.3 Å². The smallest absolute Gasteiger partial charge is 0.274 e. The molecule has 0 bridgehead atoms. The molecule has 0 radical (unpaired) electrons. The molecule has 186 valence electrons. The minimum atomic E-state index is -0.386. The molecular weight excluding hydrogens is 446 g/mol. The fourth-order valence-corrected chi connectivity index (χ4v) is 4.39. The first kappa shape index (κ1) is 24.8. The number of amides is 1. The first-order valence-corrected chi connectivity index (χ1v) is 11.9. The third kappa shape index (κ3) is 5.18. The number of aromatic nitrogens is 1. The van der Waals surface area contributed by atoms with E-state index in [1.54, 1.807) is 6.07 Å². The van der Waals surface area contributed by atoms with Gasteiger partial charge in [0.25, 0.3) is 5.91 Å². The van der Waals surface area contributed by atoms with Crippen LogP contribution in [0, 0.1) is 0 Å². The molecule has 35 heavy (non-hydrogen) atoms. The zero-order chi connectivity index (χ0) is 25.2. The lowest BCUT2D eigenvalue weighted by molar-refractivity contribution is 0.0342. The molecule has 0 saturated carbocycles. The fraction of sp³-hybridized carbons (Fsp3) is 0.407. The maximum atomic E-state index is 13.0. The van der Waals surface area contributed by atoms with Crippen molar-refractivity contribution in [2.45, 2.75) is 39.7 Å². The van der Waals surface area contributed by atoms with Crippen LogP contribution in [0.15, 0.2) is 40.9 Å². The molecule has 1 amide bonds. The molecule has 0 aliphatic carbocycles. The van der Waals surface area contributed by atoms with E-state index in [4.69, 9.17) is 9.26 Å². The van der Waals surface area contributed by atoms with Crippen molar-refractivity contribution in [2.24, 2.45) is 0 Å². The topological polar surface area (TPSA) is 108 Å². The summed E-state index contributed by atoms with van der Waals surface area (Å²) < 4.78 is 11.2. The van der Waals surface area contributed by atoms with E-state index in [9.17, 15) is 15.0 Å². The van der Waals surface area contributed by atoms with Crippen molar-refractivity contribution in [3.8, 4) is 33.9 Å². The Balaban J connectivity index is 1.91. The van der Waals surface area contributed by atoms with Gasteiger partial charge in [0, 0.05) is 37.8 Å². The number of carbonyl (C=O) groups excluding carboxylic acids is 1. The van der Waals surface area contributed by atoms with Crippen LogP contribution in [0.5, 0.6) is 11.5 Å². The Hall–Kier alpha value is -3.36. The van der Waals surface area contributed by atoms with E-state index in [0.29, 0.717) is 43.0 Å². The molecule has 3 aromatic rings. The Morgan fingerprint density at radius 1 is 1.09 bits per heavy atom. The number of carbonyl (C=O) groups is 1. The summed E-state index contributed by atoms with van der Waals surface area (Å²) in [4.78, 5) is 15.3. The predicted molar refractivity (Wildman–Crippen MR) is 134 cm³/mol. The van der Waals surface area contributed by atoms with Crippen LogP contribution >= 0.6 is 0 Å². The highest BCUT2D eigenvalue weighted by atomic mass is 16.5. The SMILES string of the molecule is CCNC(=O)c1noc(-c2cc(C(C)(C)C)c(O)cc2O)c1-c1ccccc1CN1CCOCC1. The minimum Gasteiger partial charge on any atom is -0.508 e. The number of phenolic OH excluding ortho intramolecular Hbond substituents is 2. The first-order valence-electron chi connectivity index (χ1n) is 11.9. The number of nitrogens with one attached hydrogen (secondary N) is 1.